The lowest BCUT2D eigenvalue weighted by atomic mass is 9.89. The zero-order valence-corrected chi connectivity index (χ0v) is 36.5. The van der Waals surface area contributed by atoms with Gasteiger partial charge in [-0.2, -0.15) is 0 Å². The Balaban J connectivity index is 0.981. The summed E-state index contributed by atoms with van der Waals surface area (Å²) in [6.45, 7) is 5.38. The predicted octanol–water partition coefficient (Wildman–Crippen LogP) is 8.99. The molecule has 4 amide bonds. The number of ketones is 1. The van der Waals surface area contributed by atoms with Crippen LogP contribution in [0.1, 0.15) is 154 Å². The molecule has 3 N–H and O–H groups in total. The van der Waals surface area contributed by atoms with Gasteiger partial charge in [0, 0.05) is 66.5 Å². The Hall–Kier alpha value is -4.79. The van der Waals surface area contributed by atoms with Crippen LogP contribution in [-0.2, 0) is 14.4 Å². The van der Waals surface area contributed by atoms with Crippen molar-refractivity contribution in [1.82, 2.24) is 20.9 Å². The van der Waals surface area contributed by atoms with Gasteiger partial charge in [0.25, 0.3) is 5.91 Å². The fraction of sp³-hybridized carbons (Fsp3) is 0.558. The SMILES string of the molecule is CCCCCCCC[C@@H]1CC(C(=O)c2ccc(C(=O)N3C[C@@H](C(=O)N[C@H]4C[C@@H]4c4ccccc4)[C@H](C(=O)N[C@H]4C[C@@H]4c4ccccc4)C3)cc2)C[C@H]1C(=O)NCCCCCC. The summed E-state index contributed by atoms with van der Waals surface area (Å²) in [5.74, 6) is -1.58. The van der Waals surface area contributed by atoms with Gasteiger partial charge in [0.15, 0.2) is 5.78 Å². The topological polar surface area (TPSA) is 125 Å². The maximum Gasteiger partial charge on any atom is 0.253 e. The third-order valence-corrected chi connectivity index (χ3v) is 14.0. The number of carbonyl (C=O) groups is 5. The molecule has 7 rings (SSSR count). The van der Waals surface area contributed by atoms with Crippen LogP contribution >= 0.6 is 0 Å². The quantitative estimate of drug-likeness (QED) is 0.0689. The van der Waals surface area contributed by atoms with E-state index in [4.69, 9.17) is 0 Å². The number of amides is 4. The Morgan fingerprint density at radius 3 is 1.61 bits per heavy atom. The molecule has 4 fully saturated rings. The molecule has 0 spiro atoms. The van der Waals surface area contributed by atoms with Crippen LogP contribution in [0.2, 0.25) is 0 Å². The molecule has 3 saturated carbocycles. The van der Waals surface area contributed by atoms with Gasteiger partial charge in [0.2, 0.25) is 17.7 Å². The molecule has 3 aromatic rings. The number of nitrogens with zero attached hydrogens (tertiary/aromatic N) is 1. The molecule has 9 atom stereocenters. The first kappa shape index (κ1) is 44.3. The van der Waals surface area contributed by atoms with Crippen LogP contribution in [0.4, 0.5) is 0 Å². The smallest absolute Gasteiger partial charge is 0.253 e. The lowest BCUT2D eigenvalue weighted by Crippen LogP contribution is -2.43. The van der Waals surface area contributed by atoms with Gasteiger partial charge in [-0.25, -0.2) is 0 Å². The monoisotopic (exact) mass is 829 g/mol. The maximum atomic E-state index is 14.1. The highest BCUT2D eigenvalue weighted by Crippen LogP contribution is 2.44. The van der Waals surface area contributed by atoms with Gasteiger partial charge in [0.1, 0.15) is 0 Å². The summed E-state index contributed by atoms with van der Waals surface area (Å²) in [5.41, 5.74) is 3.34. The number of likely N-dealkylation sites (tertiary alicyclic amines) is 1. The summed E-state index contributed by atoms with van der Waals surface area (Å²) in [7, 11) is 0. The van der Waals surface area contributed by atoms with Crippen molar-refractivity contribution < 1.29 is 24.0 Å². The van der Waals surface area contributed by atoms with Gasteiger partial charge in [-0.05, 0) is 67.7 Å². The number of hydrogen-bond acceptors (Lipinski definition) is 5. The molecule has 0 bridgehead atoms. The van der Waals surface area contributed by atoms with Crippen LogP contribution in [0.3, 0.4) is 0 Å². The first-order valence-electron chi connectivity index (χ1n) is 23.7. The molecular formula is C52H68N4O5. The van der Waals surface area contributed by atoms with E-state index in [0.29, 0.717) is 30.5 Å². The van der Waals surface area contributed by atoms with Crippen molar-refractivity contribution in [2.45, 2.75) is 134 Å². The molecule has 1 saturated heterocycles. The molecule has 326 valence electrons. The number of carbonyl (C=O) groups excluding carboxylic acids is 5. The van der Waals surface area contributed by atoms with E-state index in [1.807, 2.05) is 36.4 Å². The minimum Gasteiger partial charge on any atom is -0.356 e. The average molecular weight is 829 g/mol. The van der Waals surface area contributed by atoms with Gasteiger partial charge in [-0.1, -0.05) is 144 Å². The van der Waals surface area contributed by atoms with E-state index in [0.717, 1.165) is 51.4 Å². The van der Waals surface area contributed by atoms with Gasteiger partial charge in [-0.15, -0.1) is 0 Å². The highest BCUT2D eigenvalue weighted by molar-refractivity contribution is 6.01. The van der Waals surface area contributed by atoms with Crippen LogP contribution in [0.5, 0.6) is 0 Å². The molecule has 61 heavy (non-hydrogen) atoms. The van der Waals surface area contributed by atoms with E-state index in [9.17, 15) is 24.0 Å². The lowest BCUT2D eigenvalue weighted by molar-refractivity contribution is -0.133. The third-order valence-electron chi connectivity index (χ3n) is 14.0. The van der Waals surface area contributed by atoms with E-state index in [2.05, 4.69) is 54.1 Å². The van der Waals surface area contributed by atoms with E-state index in [1.54, 1.807) is 29.2 Å². The highest BCUT2D eigenvalue weighted by atomic mass is 16.2. The van der Waals surface area contributed by atoms with E-state index < -0.39 is 11.8 Å². The number of rotatable bonds is 22. The molecule has 4 aliphatic rings. The summed E-state index contributed by atoms with van der Waals surface area (Å²) < 4.78 is 0. The number of benzene rings is 3. The number of Topliss-reactive ketones (excluding diaryl/α,β-unsaturated/α-hetero) is 1. The zero-order valence-electron chi connectivity index (χ0n) is 36.5. The first-order chi connectivity index (χ1) is 29.7. The van der Waals surface area contributed by atoms with Gasteiger partial charge >= 0.3 is 0 Å². The molecular weight excluding hydrogens is 761 g/mol. The summed E-state index contributed by atoms with van der Waals surface area (Å²) >= 11 is 0. The van der Waals surface area contributed by atoms with E-state index in [-0.39, 0.29) is 84.2 Å². The number of hydrogen-bond donors (Lipinski definition) is 3. The summed E-state index contributed by atoms with van der Waals surface area (Å²) in [6.07, 6.45) is 15.5. The van der Waals surface area contributed by atoms with Crippen molar-refractivity contribution >= 4 is 29.4 Å². The van der Waals surface area contributed by atoms with Crippen molar-refractivity contribution in [2.24, 2.45) is 29.6 Å². The lowest BCUT2D eigenvalue weighted by Gasteiger charge is -2.19. The van der Waals surface area contributed by atoms with Crippen LogP contribution in [0.25, 0.3) is 0 Å². The molecule has 1 unspecified atom stereocenters. The second-order valence-corrected chi connectivity index (χ2v) is 18.5. The Morgan fingerprint density at radius 2 is 1.05 bits per heavy atom. The second-order valence-electron chi connectivity index (χ2n) is 18.5. The molecule has 3 aromatic carbocycles. The molecule has 0 radical (unpaired) electrons. The van der Waals surface area contributed by atoms with Gasteiger partial charge in [0.05, 0.1) is 11.8 Å². The van der Waals surface area contributed by atoms with Crippen LogP contribution in [0.15, 0.2) is 84.9 Å². The standard InChI is InChI=1S/C52H68N4O5/c1-3-5-7-9-10-13-23-39-29-40(30-43(39)49(58)53-28-18-8-6-4-2)48(57)37-24-26-38(27-25-37)52(61)56-33-44(50(59)54-46-31-41(46)35-19-14-11-15-20-35)45(34-56)51(60)55-47-32-42(47)36-21-16-12-17-22-36/h11-12,14-17,19-22,24-27,39-47H,3-10,13,18,23,28-34H2,1-2H3,(H,53,58)(H,54,59)(H,55,60)/t39-,40?,41-,42-,43-,44-,45-,46+,47+/m1/s1. The van der Waals surface area contributed by atoms with Crippen LogP contribution in [0, 0.1) is 29.6 Å². The van der Waals surface area contributed by atoms with E-state index >= 15 is 0 Å². The molecule has 9 heteroatoms. The number of unbranched alkanes of at least 4 members (excludes halogenated alkanes) is 8. The molecule has 3 aliphatic carbocycles. The largest absolute Gasteiger partial charge is 0.356 e. The Morgan fingerprint density at radius 1 is 0.541 bits per heavy atom. The van der Waals surface area contributed by atoms with E-state index in [1.165, 1.54) is 43.2 Å². The van der Waals surface area contributed by atoms with Gasteiger partial charge in [-0.3, -0.25) is 24.0 Å². The molecule has 9 nitrogen and oxygen atoms in total. The predicted molar refractivity (Wildman–Crippen MR) is 240 cm³/mol. The number of nitrogens with one attached hydrogen (secondary N) is 3. The minimum atomic E-state index is -0.677. The van der Waals surface area contributed by atoms with Gasteiger partial charge < -0.3 is 20.9 Å². The summed E-state index contributed by atoms with van der Waals surface area (Å²) in [6, 6.07) is 27.2. The zero-order chi connectivity index (χ0) is 42.7. The van der Waals surface area contributed by atoms with Crippen LogP contribution < -0.4 is 16.0 Å². The van der Waals surface area contributed by atoms with Crippen molar-refractivity contribution in [2.75, 3.05) is 19.6 Å². The average Bonchev–Trinajstić information content (AvgIpc) is 4.14. The second kappa shape index (κ2) is 21.3. The molecule has 0 aromatic heterocycles. The third kappa shape index (κ3) is 11.6. The van der Waals surface area contributed by atoms with Crippen molar-refractivity contribution in [1.29, 1.82) is 0 Å². The summed E-state index contributed by atoms with van der Waals surface area (Å²) in [4.78, 5) is 71.1. The maximum absolute atomic E-state index is 14.1. The highest BCUT2D eigenvalue weighted by Gasteiger charge is 2.49. The van der Waals surface area contributed by atoms with Crippen molar-refractivity contribution in [3.8, 4) is 0 Å². The summed E-state index contributed by atoms with van der Waals surface area (Å²) in [5, 5.41) is 9.62. The van der Waals surface area contributed by atoms with Crippen LogP contribution in [-0.4, -0.2) is 66.0 Å². The van der Waals surface area contributed by atoms with Crippen molar-refractivity contribution in [3.63, 3.8) is 0 Å². The fourth-order valence-electron chi connectivity index (χ4n) is 10.2. The normalized spacial score (nSPS) is 26.4. The Labute approximate surface area is 363 Å². The Kier molecular flexibility index (Phi) is 15.5. The first-order valence-corrected chi connectivity index (χ1v) is 23.7. The molecule has 1 heterocycles. The van der Waals surface area contributed by atoms with Crippen molar-refractivity contribution in [3.05, 3.63) is 107 Å². The minimum absolute atomic E-state index is 0.00486. The fourth-order valence-corrected chi connectivity index (χ4v) is 10.2. The molecule has 1 aliphatic heterocycles. The Bertz CT molecular complexity index is 1860.